The first-order valence-corrected chi connectivity index (χ1v) is 10.4. The van der Waals surface area contributed by atoms with Crippen molar-refractivity contribution in [2.45, 2.75) is 44.8 Å². The quantitative estimate of drug-likeness (QED) is 0.323. The molecule has 0 aliphatic carbocycles. The van der Waals surface area contributed by atoms with E-state index in [1.165, 1.54) is 6.26 Å². The lowest BCUT2D eigenvalue weighted by molar-refractivity contribution is -0.142. The standard InChI is InChI=1S/C23H28N4O5/c1-13(2)20(27-21(28)17(24)11-15-6-5-9-32-15)22(29)26-19(23(30)31)10-14-12-25-18-8-4-3-7-16(14)18/h3-9,12-13,17,19-20,25H,10-11,24H2,1-2H3,(H,26,29)(H,27,28)(H,30,31)/t17-,19-,20-/m0/s1. The lowest BCUT2D eigenvalue weighted by Gasteiger charge is -2.25. The highest BCUT2D eigenvalue weighted by molar-refractivity contribution is 5.92. The van der Waals surface area contributed by atoms with Crippen molar-refractivity contribution in [3.8, 4) is 0 Å². The molecule has 2 aromatic heterocycles. The molecule has 3 atom stereocenters. The number of aliphatic carboxylic acids is 1. The molecule has 1 aromatic carbocycles. The number of para-hydroxylation sites is 1. The second-order valence-electron chi connectivity index (χ2n) is 8.08. The number of carbonyl (C=O) groups excluding carboxylic acids is 2. The number of fused-ring (bicyclic) bond motifs is 1. The van der Waals surface area contributed by atoms with Gasteiger partial charge in [-0.05, 0) is 29.7 Å². The lowest BCUT2D eigenvalue weighted by atomic mass is 10.0. The van der Waals surface area contributed by atoms with Gasteiger partial charge in [0.05, 0.1) is 12.3 Å². The molecule has 0 fully saturated rings. The minimum absolute atomic E-state index is 0.0991. The van der Waals surface area contributed by atoms with Crippen LogP contribution in [0.1, 0.15) is 25.2 Å². The smallest absolute Gasteiger partial charge is 0.326 e. The van der Waals surface area contributed by atoms with Crippen LogP contribution in [-0.4, -0.2) is 46.0 Å². The number of hydrogen-bond acceptors (Lipinski definition) is 5. The number of aromatic nitrogens is 1. The van der Waals surface area contributed by atoms with Crippen LogP contribution in [0.5, 0.6) is 0 Å². The van der Waals surface area contributed by atoms with E-state index in [9.17, 15) is 19.5 Å². The maximum atomic E-state index is 12.9. The van der Waals surface area contributed by atoms with Gasteiger partial charge in [-0.15, -0.1) is 0 Å². The van der Waals surface area contributed by atoms with E-state index in [0.717, 1.165) is 16.5 Å². The Bertz CT molecular complexity index is 1070. The molecule has 0 aliphatic rings. The normalized spacial score (nSPS) is 14.1. The van der Waals surface area contributed by atoms with Crippen LogP contribution in [0, 0.1) is 5.92 Å². The molecule has 0 saturated carbocycles. The number of carboxylic acid groups (broad SMARTS) is 1. The first-order chi connectivity index (χ1) is 15.3. The molecule has 0 saturated heterocycles. The van der Waals surface area contributed by atoms with Crippen LogP contribution < -0.4 is 16.4 Å². The van der Waals surface area contributed by atoms with E-state index in [1.807, 2.05) is 24.3 Å². The predicted octanol–water partition coefficient (Wildman–Crippen LogP) is 1.58. The fraction of sp³-hybridized carbons (Fsp3) is 0.348. The van der Waals surface area contributed by atoms with Crippen LogP contribution in [0.25, 0.3) is 10.9 Å². The van der Waals surface area contributed by atoms with E-state index < -0.39 is 35.9 Å². The molecule has 6 N–H and O–H groups in total. The van der Waals surface area contributed by atoms with Crippen molar-refractivity contribution in [3.63, 3.8) is 0 Å². The van der Waals surface area contributed by atoms with E-state index in [4.69, 9.17) is 10.2 Å². The zero-order chi connectivity index (χ0) is 23.3. The van der Waals surface area contributed by atoms with Crippen molar-refractivity contribution >= 4 is 28.7 Å². The van der Waals surface area contributed by atoms with E-state index in [0.29, 0.717) is 5.76 Å². The molecule has 0 unspecified atom stereocenters. The molecule has 3 rings (SSSR count). The highest BCUT2D eigenvalue weighted by Crippen LogP contribution is 2.19. The number of carbonyl (C=O) groups is 3. The van der Waals surface area contributed by atoms with Crippen LogP contribution in [-0.2, 0) is 27.2 Å². The number of amides is 2. The summed E-state index contributed by atoms with van der Waals surface area (Å²) in [6, 6.07) is 7.94. The molecule has 3 aromatic rings. The van der Waals surface area contributed by atoms with Crippen LogP contribution in [0.15, 0.2) is 53.3 Å². The zero-order valence-electron chi connectivity index (χ0n) is 18.0. The molecular weight excluding hydrogens is 412 g/mol. The van der Waals surface area contributed by atoms with Gasteiger partial charge in [0.15, 0.2) is 0 Å². The van der Waals surface area contributed by atoms with Crippen LogP contribution in [0.4, 0.5) is 0 Å². The number of nitrogens with one attached hydrogen (secondary N) is 3. The Morgan fingerprint density at radius 3 is 2.47 bits per heavy atom. The second kappa shape index (κ2) is 10.1. The van der Waals surface area contributed by atoms with E-state index >= 15 is 0 Å². The third-order valence-corrected chi connectivity index (χ3v) is 5.30. The molecule has 9 nitrogen and oxygen atoms in total. The number of furan rings is 1. The van der Waals surface area contributed by atoms with Gasteiger partial charge in [-0.3, -0.25) is 9.59 Å². The predicted molar refractivity (Wildman–Crippen MR) is 119 cm³/mol. The number of aromatic amines is 1. The molecule has 0 aliphatic heterocycles. The number of hydrogen-bond donors (Lipinski definition) is 5. The van der Waals surface area contributed by atoms with Crippen molar-refractivity contribution in [3.05, 3.63) is 60.2 Å². The minimum Gasteiger partial charge on any atom is -0.480 e. The summed E-state index contributed by atoms with van der Waals surface area (Å²) in [5, 5.41) is 15.8. The third kappa shape index (κ3) is 5.55. The third-order valence-electron chi connectivity index (χ3n) is 5.30. The molecule has 0 radical (unpaired) electrons. The van der Waals surface area contributed by atoms with Gasteiger partial charge >= 0.3 is 5.97 Å². The van der Waals surface area contributed by atoms with Crippen molar-refractivity contribution in [1.29, 1.82) is 0 Å². The fourth-order valence-corrected chi connectivity index (χ4v) is 3.52. The summed E-state index contributed by atoms with van der Waals surface area (Å²) in [4.78, 5) is 40.4. The molecule has 170 valence electrons. The Hall–Kier alpha value is -3.59. The van der Waals surface area contributed by atoms with Crippen LogP contribution >= 0.6 is 0 Å². The number of benzene rings is 1. The molecule has 9 heteroatoms. The molecular formula is C23H28N4O5. The summed E-state index contributed by atoms with van der Waals surface area (Å²) in [5.41, 5.74) is 7.61. The van der Waals surface area contributed by atoms with Crippen LogP contribution in [0.2, 0.25) is 0 Å². The summed E-state index contributed by atoms with van der Waals surface area (Å²) in [6.45, 7) is 3.52. The maximum absolute atomic E-state index is 12.9. The monoisotopic (exact) mass is 440 g/mol. The Labute approximate surface area is 185 Å². The fourth-order valence-electron chi connectivity index (χ4n) is 3.52. The Balaban J connectivity index is 1.67. The van der Waals surface area contributed by atoms with E-state index in [1.54, 1.807) is 32.2 Å². The van der Waals surface area contributed by atoms with Crippen molar-refractivity contribution < 1.29 is 23.9 Å². The summed E-state index contributed by atoms with van der Waals surface area (Å²) < 4.78 is 5.21. The Morgan fingerprint density at radius 2 is 1.81 bits per heavy atom. The number of rotatable bonds is 10. The Kier molecular flexibility index (Phi) is 7.32. The minimum atomic E-state index is -1.16. The van der Waals surface area contributed by atoms with Crippen molar-refractivity contribution in [1.82, 2.24) is 15.6 Å². The molecule has 0 bridgehead atoms. The van der Waals surface area contributed by atoms with Crippen LogP contribution in [0.3, 0.4) is 0 Å². The van der Waals surface area contributed by atoms with Gasteiger partial charge in [0.1, 0.15) is 17.8 Å². The summed E-state index contributed by atoms with van der Waals surface area (Å²) in [7, 11) is 0. The lowest BCUT2D eigenvalue weighted by Crippen LogP contribution is -2.56. The summed E-state index contributed by atoms with van der Waals surface area (Å²) in [5.74, 6) is -1.98. The first kappa shape index (κ1) is 23.1. The Morgan fingerprint density at radius 1 is 1.06 bits per heavy atom. The van der Waals surface area contributed by atoms with Crippen molar-refractivity contribution in [2.75, 3.05) is 0 Å². The summed E-state index contributed by atoms with van der Waals surface area (Å²) >= 11 is 0. The van der Waals surface area contributed by atoms with Crippen molar-refractivity contribution in [2.24, 2.45) is 11.7 Å². The highest BCUT2D eigenvalue weighted by atomic mass is 16.4. The SMILES string of the molecule is CC(C)[C@H](NC(=O)[C@@H](N)Cc1ccco1)C(=O)N[C@@H](Cc1c[nH]c2ccccc12)C(=O)O. The van der Waals surface area contributed by atoms with Gasteiger partial charge in [-0.1, -0.05) is 32.0 Å². The maximum Gasteiger partial charge on any atom is 0.326 e. The van der Waals surface area contributed by atoms with Gasteiger partial charge in [0, 0.05) is 29.9 Å². The largest absolute Gasteiger partial charge is 0.480 e. The zero-order valence-corrected chi connectivity index (χ0v) is 18.0. The topological polar surface area (TPSA) is 150 Å². The first-order valence-electron chi connectivity index (χ1n) is 10.4. The number of carboxylic acids is 1. The van der Waals surface area contributed by atoms with E-state index in [2.05, 4.69) is 15.6 Å². The molecule has 0 spiro atoms. The van der Waals surface area contributed by atoms with Gasteiger partial charge in [0.2, 0.25) is 11.8 Å². The highest BCUT2D eigenvalue weighted by Gasteiger charge is 2.30. The number of nitrogens with two attached hydrogens (primary N) is 1. The summed E-state index contributed by atoms with van der Waals surface area (Å²) in [6.07, 6.45) is 3.51. The van der Waals surface area contributed by atoms with Gasteiger partial charge in [0.25, 0.3) is 0 Å². The van der Waals surface area contributed by atoms with E-state index in [-0.39, 0.29) is 18.8 Å². The second-order valence-corrected chi connectivity index (χ2v) is 8.08. The average molecular weight is 441 g/mol. The van der Waals surface area contributed by atoms with Gasteiger partial charge in [-0.2, -0.15) is 0 Å². The van der Waals surface area contributed by atoms with Gasteiger partial charge in [-0.25, -0.2) is 4.79 Å². The molecule has 32 heavy (non-hydrogen) atoms. The van der Waals surface area contributed by atoms with Gasteiger partial charge < -0.3 is 30.9 Å². The molecule has 2 heterocycles. The molecule has 2 amide bonds. The number of H-pyrrole nitrogens is 1. The average Bonchev–Trinajstić information content (AvgIpc) is 3.41.